The van der Waals surface area contributed by atoms with E-state index in [1.807, 2.05) is 6.92 Å². The van der Waals surface area contributed by atoms with E-state index in [-0.39, 0.29) is 11.3 Å². The molecule has 5 aliphatic rings. The fourth-order valence-electron chi connectivity index (χ4n) is 9.69. The van der Waals surface area contributed by atoms with E-state index in [2.05, 4.69) is 20.4 Å². The number of allylic oxidation sites excluding steroid dienone is 1. The molecule has 0 bridgehead atoms. The minimum Gasteiger partial charge on any atom is -0.432 e. The summed E-state index contributed by atoms with van der Waals surface area (Å²) in [5.74, 6) is -0.273. The molecular weight excluding hydrogens is 728 g/mol. The van der Waals surface area contributed by atoms with Crippen LogP contribution in [0.25, 0.3) is 0 Å². The molecule has 0 radical (unpaired) electrons. The van der Waals surface area contributed by atoms with Crippen LogP contribution < -0.4 is 0 Å². The van der Waals surface area contributed by atoms with Crippen molar-refractivity contribution in [2.45, 2.75) is 177 Å². The molecule has 3 aliphatic heterocycles. The van der Waals surface area contributed by atoms with Gasteiger partial charge in [-0.05, 0) is 69.1 Å². The molecule has 17 heteroatoms. The predicted octanol–water partition coefficient (Wildman–Crippen LogP) is -1.27. The van der Waals surface area contributed by atoms with E-state index in [0.717, 1.165) is 57.8 Å². The summed E-state index contributed by atoms with van der Waals surface area (Å²) < 4.78 is 34.9. The second kappa shape index (κ2) is 18.7. The largest absolute Gasteiger partial charge is 0.432 e. The molecule has 19 atom stereocenters. The number of ether oxygens (including phenoxy) is 6. The highest BCUT2D eigenvalue weighted by molar-refractivity contribution is 5.77. The first-order valence-electron chi connectivity index (χ1n) is 19.8. The summed E-state index contributed by atoms with van der Waals surface area (Å²) in [7, 11) is 0. The minimum absolute atomic E-state index is 0.0676. The van der Waals surface area contributed by atoms with Crippen LogP contribution in [0.15, 0.2) is 12.2 Å². The fraction of sp³-hybridized carbons (Fsp3) is 0.921. The van der Waals surface area contributed by atoms with Gasteiger partial charge in [-0.25, -0.2) is 0 Å². The van der Waals surface area contributed by atoms with E-state index >= 15 is 0 Å². The van der Waals surface area contributed by atoms with Crippen molar-refractivity contribution in [2.75, 3.05) is 19.8 Å². The average molecular weight is 793 g/mol. The first kappa shape index (κ1) is 44.7. The lowest BCUT2D eigenvalue weighted by Crippen LogP contribution is -2.67. The molecule has 3 heterocycles. The Bertz CT molecular complexity index is 1270. The lowest BCUT2D eigenvalue weighted by Gasteiger charge is -2.52. The second-order valence-electron chi connectivity index (χ2n) is 16.7. The molecule has 3 saturated heterocycles. The number of hydrogen-bond acceptors (Lipinski definition) is 17. The predicted molar refractivity (Wildman–Crippen MR) is 189 cm³/mol. The van der Waals surface area contributed by atoms with Crippen LogP contribution in [0.1, 0.15) is 85.0 Å². The normalized spacial score (nSPS) is 48.5. The van der Waals surface area contributed by atoms with E-state index in [4.69, 9.17) is 28.4 Å². The molecule has 0 amide bonds. The Morgan fingerprint density at radius 1 is 0.636 bits per heavy atom. The number of fused-ring (bicyclic) bond motifs is 1. The number of carbonyl (C=O) groups is 1. The summed E-state index contributed by atoms with van der Waals surface area (Å²) in [5.41, 5.74) is 0.0887. The van der Waals surface area contributed by atoms with Gasteiger partial charge < -0.3 is 79.5 Å². The van der Waals surface area contributed by atoms with Gasteiger partial charge in [0, 0.05) is 0 Å². The highest BCUT2D eigenvalue weighted by atomic mass is 16.8. The molecular formula is C38H64O17. The number of aliphatic hydroxyl groups is 10. The topological polar surface area (TPSA) is 275 Å². The molecule has 0 aromatic carbocycles. The average Bonchev–Trinajstić information content (AvgIpc) is 3.25. The van der Waals surface area contributed by atoms with Crippen molar-refractivity contribution in [1.82, 2.24) is 0 Å². The van der Waals surface area contributed by atoms with Crippen LogP contribution >= 0.6 is 0 Å². The van der Waals surface area contributed by atoms with Crippen LogP contribution in [0.2, 0.25) is 0 Å². The van der Waals surface area contributed by atoms with Crippen molar-refractivity contribution in [1.29, 1.82) is 0 Å². The van der Waals surface area contributed by atoms with E-state index in [1.165, 1.54) is 5.57 Å². The van der Waals surface area contributed by atoms with E-state index < -0.39 is 123 Å². The van der Waals surface area contributed by atoms with Crippen molar-refractivity contribution in [2.24, 2.45) is 22.7 Å². The van der Waals surface area contributed by atoms with E-state index in [9.17, 15) is 55.9 Å². The number of aliphatic hydroxyl groups excluding tert-OH is 10. The van der Waals surface area contributed by atoms with Crippen LogP contribution in [0.3, 0.4) is 0 Å². The van der Waals surface area contributed by atoms with Gasteiger partial charge in [0.05, 0.1) is 25.2 Å². The molecule has 17 nitrogen and oxygen atoms in total. The number of hydrogen-bond donors (Lipinski definition) is 10. The Kier molecular flexibility index (Phi) is 15.2. The molecule has 0 aromatic rings. The monoisotopic (exact) mass is 792 g/mol. The maximum absolute atomic E-state index is 14.5. The quantitative estimate of drug-likeness (QED) is 0.0863. The van der Waals surface area contributed by atoms with Crippen molar-refractivity contribution < 1.29 is 84.3 Å². The minimum atomic E-state index is -1.93. The van der Waals surface area contributed by atoms with Gasteiger partial charge in [-0.1, -0.05) is 45.3 Å². The Labute approximate surface area is 321 Å². The highest BCUT2D eigenvalue weighted by Crippen LogP contribution is 2.57. The van der Waals surface area contributed by atoms with Crippen LogP contribution in [0.4, 0.5) is 0 Å². The Morgan fingerprint density at radius 2 is 1.13 bits per heavy atom. The number of esters is 1. The third-order valence-electron chi connectivity index (χ3n) is 13.2. The van der Waals surface area contributed by atoms with Crippen LogP contribution in [0.5, 0.6) is 0 Å². The highest BCUT2D eigenvalue weighted by Gasteiger charge is 2.57. The third-order valence-corrected chi connectivity index (χ3v) is 13.2. The lowest BCUT2D eigenvalue weighted by atomic mass is 9.53. The molecule has 2 saturated carbocycles. The Hall–Kier alpha value is -1.39. The smallest absolute Gasteiger partial charge is 0.314 e. The Balaban J connectivity index is 1.41. The van der Waals surface area contributed by atoms with E-state index in [1.54, 1.807) is 0 Å². The number of carbonyl (C=O) groups excluding carboxylic acids is 1. The SMILES string of the molecule is C=C(CC)[C@H]1CCC[C@H]2[C@](C)(CCC1)CCC[C@@]2(C)C(=O)O[C@@H]1O[C@H](CO)[C@@H](O)[C@H](O)[C@H]1O[C@@H]1O[C@H](CO)[C@@H](O)[C@H](O)[C@H]1O[C@@H]1O[C@H](CO)[C@@H](O)[C@H](O)[C@H]1O. The van der Waals surface area contributed by atoms with Crippen LogP contribution in [0, 0.1) is 22.7 Å². The summed E-state index contributed by atoms with van der Waals surface area (Å²) in [6.07, 6.45) is -17.5. The van der Waals surface area contributed by atoms with Gasteiger partial charge in [0.2, 0.25) is 6.29 Å². The van der Waals surface area contributed by atoms with Crippen molar-refractivity contribution in [3.63, 3.8) is 0 Å². The lowest BCUT2D eigenvalue weighted by molar-refractivity contribution is -0.391. The van der Waals surface area contributed by atoms with Gasteiger partial charge in [0.25, 0.3) is 0 Å². The summed E-state index contributed by atoms with van der Waals surface area (Å²) in [6.45, 7) is 8.16. The van der Waals surface area contributed by atoms with Crippen molar-refractivity contribution in [3.05, 3.63) is 12.2 Å². The molecule has 0 spiro atoms. The second-order valence-corrected chi connectivity index (χ2v) is 16.7. The first-order valence-corrected chi connectivity index (χ1v) is 19.8. The van der Waals surface area contributed by atoms with Crippen LogP contribution in [-0.2, 0) is 33.2 Å². The van der Waals surface area contributed by atoms with Gasteiger partial charge in [0.1, 0.15) is 67.1 Å². The molecule has 5 rings (SSSR count). The van der Waals surface area contributed by atoms with Gasteiger partial charge in [-0.15, -0.1) is 0 Å². The molecule has 5 fully saturated rings. The molecule has 55 heavy (non-hydrogen) atoms. The zero-order chi connectivity index (χ0) is 40.4. The standard InChI is InChI=1S/C38H64O17/c1-5-18(2)19-9-6-11-23-37(3,12-7-10-19)13-8-14-38(23,4)36(49)55-35-32(29(47)26(44)22(17-41)52-35)54-34-31(28(46)25(43)21(16-40)51-34)53-33-30(48)27(45)24(42)20(15-39)50-33/h19-35,39-48H,2,5-17H2,1,3-4H3/t19-,20+,21+,22+,23-,24+,25+,26+,27-,28-,29-,30+,31+,32+,33-,34-,35-,37+,38+/m0/s1. The summed E-state index contributed by atoms with van der Waals surface area (Å²) in [4.78, 5) is 14.5. The fourth-order valence-corrected chi connectivity index (χ4v) is 9.69. The maximum Gasteiger partial charge on any atom is 0.314 e. The van der Waals surface area contributed by atoms with Crippen LogP contribution in [-0.4, -0.2) is 169 Å². The molecule has 0 unspecified atom stereocenters. The zero-order valence-electron chi connectivity index (χ0n) is 32.0. The molecule has 318 valence electrons. The third kappa shape index (κ3) is 9.11. The number of rotatable bonds is 11. The summed E-state index contributed by atoms with van der Waals surface area (Å²) in [5, 5.41) is 105. The first-order chi connectivity index (χ1) is 26.0. The van der Waals surface area contributed by atoms with E-state index in [0.29, 0.717) is 12.3 Å². The van der Waals surface area contributed by atoms with Gasteiger partial charge in [-0.3, -0.25) is 4.79 Å². The molecule has 0 aromatic heterocycles. The van der Waals surface area contributed by atoms with Gasteiger partial charge in [0.15, 0.2) is 18.7 Å². The summed E-state index contributed by atoms with van der Waals surface area (Å²) >= 11 is 0. The summed E-state index contributed by atoms with van der Waals surface area (Å²) in [6, 6.07) is 0. The molecule has 2 aliphatic carbocycles. The van der Waals surface area contributed by atoms with Crippen molar-refractivity contribution >= 4 is 5.97 Å². The van der Waals surface area contributed by atoms with Gasteiger partial charge in [-0.2, -0.15) is 0 Å². The van der Waals surface area contributed by atoms with Crippen molar-refractivity contribution in [3.8, 4) is 0 Å². The van der Waals surface area contributed by atoms with Gasteiger partial charge >= 0.3 is 5.97 Å². The molecule has 10 N–H and O–H groups in total. The zero-order valence-corrected chi connectivity index (χ0v) is 32.0. The maximum atomic E-state index is 14.5. The Morgan fingerprint density at radius 3 is 1.71 bits per heavy atom.